The third-order valence-corrected chi connectivity index (χ3v) is 3.88. The predicted molar refractivity (Wildman–Crippen MR) is 98.7 cm³/mol. The Morgan fingerprint density at radius 2 is 1.83 bits per heavy atom. The summed E-state index contributed by atoms with van der Waals surface area (Å²) >= 11 is 0. The van der Waals surface area contributed by atoms with Crippen molar-refractivity contribution < 1.29 is 14.2 Å². The number of hydrogen-bond acceptors (Lipinski definition) is 4. The molecule has 0 aliphatic heterocycles. The molecule has 0 bridgehead atoms. The Balaban J connectivity index is 2.73. The fourth-order valence-corrected chi connectivity index (χ4v) is 2.55. The van der Waals surface area contributed by atoms with Crippen molar-refractivity contribution in [3.05, 3.63) is 17.7 Å². The molecule has 136 valence electrons. The average molecular weight is 337 g/mol. The molecule has 0 spiro atoms. The molecule has 0 aromatic heterocycles. The lowest BCUT2D eigenvalue weighted by molar-refractivity contribution is 0.322. The topological polar surface area (TPSA) is 55.3 Å². The van der Waals surface area contributed by atoms with Crippen molar-refractivity contribution in [1.29, 1.82) is 0 Å². The van der Waals surface area contributed by atoms with E-state index in [0.29, 0.717) is 17.2 Å². The number of guanidine groups is 1. The molecular formula is C18H31N3O3. The van der Waals surface area contributed by atoms with Crippen LogP contribution in [0, 0.1) is 0 Å². The number of hydrogen-bond donors (Lipinski definition) is 1. The first kappa shape index (κ1) is 19.9. The minimum atomic E-state index is 0.627. The highest BCUT2D eigenvalue weighted by Gasteiger charge is 2.15. The van der Waals surface area contributed by atoms with Crippen molar-refractivity contribution in [2.24, 2.45) is 4.99 Å². The van der Waals surface area contributed by atoms with E-state index in [2.05, 4.69) is 29.2 Å². The SMILES string of the molecule is CCCCN(C)C(=NC)NCCc1ccc(OC)c(OC)c1OC. The molecule has 0 unspecified atom stereocenters. The molecule has 0 atom stereocenters. The van der Waals surface area contributed by atoms with Crippen molar-refractivity contribution in [2.45, 2.75) is 26.2 Å². The van der Waals surface area contributed by atoms with Gasteiger partial charge in [-0.3, -0.25) is 4.99 Å². The summed E-state index contributed by atoms with van der Waals surface area (Å²) in [5, 5.41) is 3.39. The number of unbranched alkanes of at least 4 members (excludes halogenated alkanes) is 1. The van der Waals surface area contributed by atoms with Crippen LogP contribution in [0.15, 0.2) is 17.1 Å². The normalized spacial score (nSPS) is 11.2. The predicted octanol–water partition coefficient (Wildman–Crippen LogP) is 2.56. The third-order valence-electron chi connectivity index (χ3n) is 3.88. The van der Waals surface area contributed by atoms with Crippen molar-refractivity contribution in [3.8, 4) is 17.2 Å². The Kier molecular flexibility index (Phi) is 8.83. The average Bonchev–Trinajstić information content (AvgIpc) is 2.62. The Hall–Kier alpha value is -2.11. The first-order chi connectivity index (χ1) is 11.6. The summed E-state index contributed by atoms with van der Waals surface area (Å²) in [7, 11) is 8.75. The van der Waals surface area contributed by atoms with Crippen molar-refractivity contribution >= 4 is 5.96 Å². The fourth-order valence-electron chi connectivity index (χ4n) is 2.55. The zero-order chi connectivity index (χ0) is 17.9. The van der Waals surface area contributed by atoms with E-state index in [1.54, 1.807) is 21.3 Å². The summed E-state index contributed by atoms with van der Waals surface area (Å²) in [6.07, 6.45) is 3.12. The number of rotatable bonds is 9. The van der Waals surface area contributed by atoms with Crippen molar-refractivity contribution in [2.75, 3.05) is 48.5 Å². The van der Waals surface area contributed by atoms with Gasteiger partial charge in [0.1, 0.15) is 0 Å². The maximum absolute atomic E-state index is 5.52. The molecule has 0 radical (unpaired) electrons. The van der Waals surface area contributed by atoms with Gasteiger partial charge in [0.25, 0.3) is 0 Å². The summed E-state index contributed by atoms with van der Waals surface area (Å²) in [5.41, 5.74) is 1.06. The van der Waals surface area contributed by atoms with E-state index >= 15 is 0 Å². The molecule has 0 amide bonds. The van der Waals surface area contributed by atoms with Gasteiger partial charge in [-0.1, -0.05) is 19.4 Å². The van der Waals surface area contributed by atoms with Crippen LogP contribution in [0.3, 0.4) is 0 Å². The van der Waals surface area contributed by atoms with Crippen LogP contribution in [0.25, 0.3) is 0 Å². The number of methoxy groups -OCH3 is 3. The highest BCUT2D eigenvalue weighted by atomic mass is 16.5. The minimum absolute atomic E-state index is 0.627. The second-order valence-corrected chi connectivity index (χ2v) is 5.49. The highest BCUT2D eigenvalue weighted by molar-refractivity contribution is 5.79. The van der Waals surface area contributed by atoms with E-state index in [4.69, 9.17) is 14.2 Å². The van der Waals surface area contributed by atoms with Crippen LogP contribution in [0.4, 0.5) is 0 Å². The molecule has 0 fully saturated rings. The number of benzene rings is 1. The van der Waals surface area contributed by atoms with Crippen molar-refractivity contribution in [3.63, 3.8) is 0 Å². The standard InChI is InChI=1S/C18H31N3O3/c1-7-8-13-21(3)18(19-2)20-12-11-14-9-10-15(22-4)17(24-6)16(14)23-5/h9-10H,7-8,11-13H2,1-6H3,(H,19,20). The van der Waals surface area contributed by atoms with Gasteiger partial charge in [-0.15, -0.1) is 0 Å². The van der Waals surface area contributed by atoms with Gasteiger partial charge in [-0.05, 0) is 18.9 Å². The third kappa shape index (κ3) is 5.22. The van der Waals surface area contributed by atoms with Crippen LogP contribution in [-0.2, 0) is 6.42 Å². The van der Waals surface area contributed by atoms with Gasteiger partial charge in [0.05, 0.1) is 21.3 Å². The van der Waals surface area contributed by atoms with Gasteiger partial charge < -0.3 is 24.4 Å². The summed E-state index contributed by atoms with van der Waals surface area (Å²) in [4.78, 5) is 6.48. The second kappa shape index (κ2) is 10.6. The van der Waals surface area contributed by atoms with Gasteiger partial charge in [-0.25, -0.2) is 0 Å². The largest absolute Gasteiger partial charge is 0.493 e. The van der Waals surface area contributed by atoms with Crippen LogP contribution in [0.1, 0.15) is 25.3 Å². The molecule has 1 aromatic carbocycles. The summed E-state index contributed by atoms with van der Waals surface area (Å²) in [5.74, 6) is 2.92. The van der Waals surface area contributed by atoms with Crippen LogP contribution in [0.2, 0.25) is 0 Å². The smallest absolute Gasteiger partial charge is 0.203 e. The van der Waals surface area contributed by atoms with E-state index in [0.717, 1.165) is 37.5 Å². The maximum Gasteiger partial charge on any atom is 0.203 e. The first-order valence-corrected chi connectivity index (χ1v) is 8.32. The molecule has 24 heavy (non-hydrogen) atoms. The van der Waals surface area contributed by atoms with Gasteiger partial charge in [0, 0.05) is 32.7 Å². The molecular weight excluding hydrogens is 306 g/mol. The van der Waals surface area contributed by atoms with Crippen molar-refractivity contribution in [1.82, 2.24) is 10.2 Å². The van der Waals surface area contributed by atoms with Crippen LogP contribution < -0.4 is 19.5 Å². The lowest BCUT2D eigenvalue weighted by Crippen LogP contribution is -2.40. The number of ether oxygens (including phenoxy) is 3. The zero-order valence-electron chi connectivity index (χ0n) is 15.8. The molecule has 1 N–H and O–H groups in total. The highest BCUT2D eigenvalue weighted by Crippen LogP contribution is 2.39. The monoisotopic (exact) mass is 337 g/mol. The first-order valence-electron chi connectivity index (χ1n) is 8.32. The minimum Gasteiger partial charge on any atom is -0.493 e. The number of nitrogens with one attached hydrogen (secondary N) is 1. The molecule has 6 nitrogen and oxygen atoms in total. The summed E-state index contributed by atoms with van der Waals surface area (Å²) in [6, 6.07) is 3.91. The Morgan fingerprint density at radius 3 is 2.38 bits per heavy atom. The molecule has 0 heterocycles. The molecule has 1 rings (SSSR count). The number of aliphatic imine (C=N–C) groups is 1. The maximum atomic E-state index is 5.52. The second-order valence-electron chi connectivity index (χ2n) is 5.49. The molecule has 1 aromatic rings. The quantitative estimate of drug-likeness (QED) is 0.554. The fraction of sp³-hybridized carbons (Fsp3) is 0.611. The van der Waals surface area contributed by atoms with Gasteiger partial charge in [0.2, 0.25) is 5.75 Å². The van der Waals surface area contributed by atoms with Crippen LogP contribution >= 0.6 is 0 Å². The lowest BCUT2D eigenvalue weighted by Gasteiger charge is -2.22. The Labute approximate surface area is 145 Å². The van der Waals surface area contributed by atoms with Gasteiger partial charge in [0.15, 0.2) is 17.5 Å². The summed E-state index contributed by atoms with van der Waals surface area (Å²) in [6.45, 7) is 3.94. The molecule has 6 heteroatoms. The molecule has 0 saturated heterocycles. The van der Waals surface area contributed by atoms with E-state index in [-0.39, 0.29) is 0 Å². The Bertz CT molecular complexity index is 532. The van der Waals surface area contributed by atoms with Gasteiger partial charge in [-0.2, -0.15) is 0 Å². The van der Waals surface area contributed by atoms with E-state index in [9.17, 15) is 0 Å². The molecule has 0 aliphatic rings. The lowest BCUT2D eigenvalue weighted by atomic mass is 10.1. The molecule has 0 saturated carbocycles. The Morgan fingerprint density at radius 1 is 1.12 bits per heavy atom. The molecule has 0 aliphatic carbocycles. The van der Waals surface area contributed by atoms with Crippen LogP contribution in [0.5, 0.6) is 17.2 Å². The van der Waals surface area contributed by atoms with E-state index in [1.165, 1.54) is 6.42 Å². The van der Waals surface area contributed by atoms with Gasteiger partial charge >= 0.3 is 0 Å². The van der Waals surface area contributed by atoms with Crippen LogP contribution in [-0.4, -0.2) is 59.4 Å². The summed E-state index contributed by atoms with van der Waals surface area (Å²) < 4.78 is 16.3. The number of nitrogens with zero attached hydrogens (tertiary/aromatic N) is 2. The van der Waals surface area contributed by atoms with E-state index in [1.807, 2.05) is 19.2 Å². The zero-order valence-corrected chi connectivity index (χ0v) is 15.8. The van der Waals surface area contributed by atoms with E-state index < -0.39 is 0 Å².